The van der Waals surface area contributed by atoms with Crippen molar-refractivity contribution >= 4 is 14.1 Å². The summed E-state index contributed by atoms with van der Waals surface area (Å²) in [6.45, 7) is 3.14. The van der Waals surface area contributed by atoms with E-state index in [4.69, 9.17) is 4.52 Å². The van der Waals surface area contributed by atoms with Crippen LogP contribution < -0.4 is 9.61 Å². The van der Waals surface area contributed by atoms with E-state index in [0.29, 0.717) is 5.75 Å². The van der Waals surface area contributed by atoms with Crippen molar-refractivity contribution in [2.75, 3.05) is 7.11 Å². The number of ether oxygens (including phenoxy) is 1. The SMILES string of the molecule is COC(=O)C(C)(C)N[P+](=O)Oc1ccccc1. The largest absolute Gasteiger partial charge is 0.664 e. The smallest absolute Gasteiger partial charge is 0.468 e. The quantitative estimate of drug-likeness (QED) is 0.646. The molecule has 0 amide bonds. The number of rotatable bonds is 5. The molecule has 1 aromatic rings. The number of para-hydroxylation sites is 1. The zero-order valence-electron chi connectivity index (χ0n) is 9.97. The van der Waals surface area contributed by atoms with Gasteiger partial charge in [-0.2, -0.15) is 0 Å². The van der Waals surface area contributed by atoms with Gasteiger partial charge < -0.3 is 4.74 Å². The molecule has 0 spiro atoms. The molecular weight excluding hydrogens is 241 g/mol. The number of benzene rings is 1. The number of carbonyl (C=O) groups is 1. The number of methoxy groups -OCH3 is 1. The van der Waals surface area contributed by atoms with E-state index in [1.165, 1.54) is 7.11 Å². The van der Waals surface area contributed by atoms with Crippen LogP contribution in [0, 0.1) is 0 Å². The average Bonchev–Trinajstić information content (AvgIpc) is 2.28. The summed E-state index contributed by atoms with van der Waals surface area (Å²) in [5.74, 6) is -0.0284. The van der Waals surface area contributed by atoms with E-state index in [1.807, 2.05) is 6.07 Å². The second kappa shape index (κ2) is 5.75. The molecule has 0 aliphatic carbocycles. The van der Waals surface area contributed by atoms with Crippen LogP contribution in [0.25, 0.3) is 0 Å². The molecule has 0 fully saturated rings. The normalized spacial score (nSPS) is 11.8. The first-order valence-electron chi connectivity index (χ1n) is 5.02. The maximum atomic E-state index is 11.7. The Bertz CT molecular complexity index is 405. The zero-order valence-corrected chi connectivity index (χ0v) is 10.9. The van der Waals surface area contributed by atoms with Crippen molar-refractivity contribution in [3.05, 3.63) is 30.3 Å². The molecule has 17 heavy (non-hydrogen) atoms. The van der Waals surface area contributed by atoms with Crippen molar-refractivity contribution in [3.63, 3.8) is 0 Å². The van der Waals surface area contributed by atoms with Gasteiger partial charge in [-0.25, -0.2) is 9.32 Å². The minimum atomic E-state index is -2.18. The number of hydrogen-bond acceptors (Lipinski definition) is 4. The fourth-order valence-electron chi connectivity index (χ4n) is 1.13. The van der Waals surface area contributed by atoms with Crippen molar-refractivity contribution in [3.8, 4) is 5.75 Å². The van der Waals surface area contributed by atoms with Crippen LogP contribution >= 0.6 is 8.18 Å². The van der Waals surface area contributed by atoms with Crippen LogP contribution in [0.5, 0.6) is 5.75 Å². The summed E-state index contributed by atoms with van der Waals surface area (Å²) in [5.41, 5.74) is -1.06. The molecule has 0 radical (unpaired) electrons. The summed E-state index contributed by atoms with van der Waals surface area (Å²) in [5, 5.41) is 2.57. The lowest BCUT2D eigenvalue weighted by Crippen LogP contribution is -2.44. The lowest BCUT2D eigenvalue weighted by molar-refractivity contribution is -0.146. The van der Waals surface area contributed by atoms with Crippen LogP contribution in [0.4, 0.5) is 0 Å². The highest BCUT2D eigenvalue weighted by molar-refractivity contribution is 7.37. The Morgan fingerprint density at radius 3 is 2.41 bits per heavy atom. The van der Waals surface area contributed by atoms with E-state index in [9.17, 15) is 9.36 Å². The lowest BCUT2D eigenvalue weighted by atomic mass is 10.1. The van der Waals surface area contributed by atoms with Crippen molar-refractivity contribution < 1.29 is 18.6 Å². The standard InChI is InChI=1S/C11H15NO4P/c1-11(2,10(13)15-3)12-17(14)16-9-7-5-4-6-8-9/h4-8H,1-3H3,(H,12,14)/q+1. The molecular formula is C11H15NO4P+. The van der Waals surface area contributed by atoms with Gasteiger partial charge >= 0.3 is 14.1 Å². The molecule has 1 aromatic carbocycles. The average molecular weight is 256 g/mol. The monoisotopic (exact) mass is 256 g/mol. The van der Waals surface area contributed by atoms with Crippen molar-refractivity contribution in [2.45, 2.75) is 19.4 Å². The Labute approximate surface area is 101 Å². The van der Waals surface area contributed by atoms with Crippen LogP contribution in [0.15, 0.2) is 30.3 Å². The van der Waals surface area contributed by atoms with Gasteiger partial charge in [0.1, 0.15) is 0 Å². The molecule has 1 N–H and O–H groups in total. The molecule has 92 valence electrons. The molecule has 6 heteroatoms. The van der Waals surface area contributed by atoms with Crippen molar-refractivity contribution in [1.29, 1.82) is 0 Å². The minimum absolute atomic E-state index is 0.474. The molecule has 0 aliphatic rings. The fourth-order valence-corrected chi connectivity index (χ4v) is 2.04. The topological polar surface area (TPSA) is 64.6 Å². The van der Waals surface area contributed by atoms with Crippen LogP contribution in [0.1, 0.15) is 13.8 Å². The maximum absolute atomic E-state index is 11.7. The third-order valence-electron chi connectivity index (χ3n) is 2.00. The molecule has 0 heterocycles. The second-order valence-corrected chi connectivity index (χ2v) is 4.81. The highest BCUT2D eigenvalue weighted by Gasteiger charge is 2.39. The van der Waals surface area contributed by atoms with E-state index >= 15 is 0 Å². The van der Waals surface area contributed by atoms with Crippen LogP contribution in [0.2, 0.25) is 0 Å². The van der Waals surface area contributed by atoms with Gasteiger partial charge in [0.05, 0.1) is 7.11 Å². The third-order valence-corrected chi connectivity index (χ3v) is 3.12. The summed E-state index contributed by atoms with van der Waals surface area (Å²) in [4.78, 5) is 11.4. The van der Waals surface area contributed by atoms with Crippen LogP contribution in [0.3, 0.4) is 0 Å². The molecule has 0 saturated carbocycles. The maximum Gasteiger partial charge on any atom is 0.664 e. The molecule has 1 unspecified atom stereocenters. The second-order valence-electron chi connectivity index (χ2n) is 3.89. The Balaban J connectivity index is 2.59. The van der Waals surface area contributed by atoms with Gasteiger partial charge in [0, 0.05) is 4.57 Å². The summed E-state index contributed by atoms with van der Waals surface area (Å²) in [7, 11) is -0.909. The van der Waals surface area contributed by atoms with Gasteiger partial charge in [-0.3, -0.25) is 0 Å². The predicted octanol–water partition coefficient (Wildman–Crippen LogP) is 2.26. The fraction of sp³-hybridized carbons (Fsp3) is 0.364. The highest BCUT2D eigenvalue weighted by atomic mass is 31.1. The van der Waals surface area contributed by atoms with Crippen molar-refractivity contribution in [1.82, 2.24) is 5.09 Å². The highest BCUT2D eigenvalue weighted by Crippen LogP contribution is 2.26. The number of nitrogens with one attached hydrogen (secondary N) is 1. The molecule has 0 aliphatic heterocycles. The first-order chi connectivity index (χ1) is 7.95. The summed E-state index contributed by atoms with van der Waals surface area (Å²) < 4.78 is 21.4. The number of hydrogen-bond donors (Lipinski definition) is 1. The molecule has 0 aromatic heterocycles. The summed E-state index contributed by atoms with van der Waals surface area (Å²) >= 11 is 0. The molecule has 0 saturated heterocycles. The van der Waals surface area contributed by atoms with Gasteiger partial charge in [0.15, 0.2) is 11.3 Å². The van der Waals surface area contributed by atoms with E-state index in [1.54, 1.807) is 38.1 Å². The van der Waals surface area contributed by atoms with Crippen LogP contribution in [-0.2, 0) is 14.1 Å². The number of carbonyl (C=O) groups excluding carboxylic acids is 1. The third kappa shape index (κ3) is 4.13. The van der Waals surface area contributed by atoms with Gasteiger partial charge in [-0.05, 0) is 26.0 Å². The zero-order chi connectivity index (χ0) is 12.9. The molecule has 1 atom stereocenters. The Hall–Kier alpha value is -1.45. The van der Waals surface area contributed by atoms with E-state index in [-0.39, 0.29) is 0 Å². The molecule has 5 nitrogen and oxygen atoms in total. The Kier molecular flexibility index (Phi) is 4.61. The first kappa shape index (κ1) is 13.6. The molecule has 0 bridgehead atoms. The first-order valence-corrected chi connectivity index (χ1v) is 6.20. The van der Waals surface area contributed by atoms with Gasteiger partial charge in [-0.1, -0.05) is 23.3 Å². The van der Waals surface area contributed by atoms with E-state index in [2.05, 4.69) is 9.82 Å². The number of esters is 1. The van der Waals surface area contributed by atoms with Crippen molar-refractivity contribution in [2.24, 2.45) is 0 Å². The molecule has 1 rings (SSSR count). The van der Waals surface area contributed by atoms with Gasteiger partial charge in [0.25, 0.3) is 0 Å². The lowest BCUT2D eigenvalue weighted by Gasteiger charge is -2.15. The van der Waals surface area contributed by atoms with Gasteiger partial charge in [0.2, 0.25) is 0 Å². The Morgan fingerprint density at radius 1 is 1.29 bits per heavy atom. The Morgan fingerprint density at radius 2 is 1.88 bits per heavy atom. The predicted molar refractivity (Wildman–Crippen MR) is 63.9 cm³/mol. The van der Waals surface area contributed by atoms with Crippen LogP contribution in [-0.4, -0.2) is 18.6 Å². The van der Waals surface area contributed by atoms with E-state index < -0.39 is 19.7 Å². The van der Waals surface area contributed by atoms with Gasteiger partial charge in [-0.15, -0.1) is 0 Å². The summed E-state index contributed by atoms with van der Waals surface area (Å²) in [6.07, 6.45) is 0. The summed E-state index contributed by atoms with van der Waals surface area (Å²) in [6, 6.07) is 8.72. The minimum Gasteiger partial charge on any atom is -0.468 e. The van der Waals surface area contributed by atoms with E-state index in [0.717, 1.165) is 0 Å².